The van der Waals surface area contributed by atoms with E-state index in [9.17, 15) is 5.11 Å². The lowest BCUT2D eigenvalue weighted by molar-refractivity contribution is -0.906. The Morgan fingerprint density at radius 3 is 2.28 bits per heavy atom. The highest BCUT2D eigenvalue weighted by Crippen LogP contribution is 2.22. The molecule has 4 heteroatoms. The molecule has 2 N–H and O–H groups in total. The van der Waals surface area contributed by atoms with Gasteiger partial charge in [0.25, 0.3) is 0 Å². The largest absolute Gasteiger partial charge is 0.385 e. The molecule has 1 unspecified atom stereocenters. The number of aliphatic hydroxyl groups is 1. The van der Waals surface area contributed by atoms with Crippen molar-refractivity contribution in [3.8, 4) is 0 Å². The number of aryl methyl sites for hydroxylation is 3. The predicted octanol–water partition coefficient (Wildman–Crippen LogP) is 4.31. The number of nitrogens with zero attached hydrogens (tertiary/aromatic N) is 1. The molecule has 0 aliphatic heterocycles. The van der Waals surface area contributed by atoms with Gasteiger partial charge < -0.3 is 14.9 Å². The maximum atomic E-state index is 10.5. The molecule has 0 bridgehead atoms. The van der Waals surface area contributed by atoms with Gasteiger partial charge in [0.15, 0.2) is 0 Å². The van der Waals surface area contributed by atoms with Crippen molar-refractivity contribution in [3.05, 3.63) is 63.7 Å². The number of rotatable bonds is 7. The standard InChI is InChI=1S/C21H30ClN2O/c1-15-10-16(2)21(17(3)11-15)23-12-19(25)14-24(4,5)13-18-8-6-7-9-20(18)22/h6-11,19,23,25H,12-14H2,1-5H3/q+1. The van der Waals surface area contributed by atoms with Gasteiger partial charge in [-0.15, -0.1) is 0 Å². The van der Waals surface area contributed by atoms with Crippen LogP contribution in [0.3, 0.4) is 0 Å². The van der Waals surface area contributed by atoms with Crippen LogP contribution < -0.4 is 5.32 Å². The van der Waals surface area contributed by atoms with Gasteiger partial charge in [-0.1, -0.05) is 47.5 Å². The molecule has 0 amide bonds. The molecule has 0 saturated carbocycles. The zero-order valence-electron chi connectivity index (χ0n) is 15.9. The van der Waals surface area contributed by atoms with Gasteiger partial charge in [-0.05, 0) is 38.0 Å². The molecule has 25 heavy (non-hydrogen) atoms. The smallest absolute Gasteiger partial charge is 0.120 e. The Labute approximate surface area is 156 Å². The summed E-state index contributed by atoms with van der Waals surface area (Å²) in [6.07, 6.45) is -0.433. The zero-order valence-corrected chi connectivity index (χ0v) is 16.7. The quantitative estimate of drug-likeness (QED) is 0.720. The molecule has 2 aromatic rings. The van der Waals surface area contributed by atoms with E-state index in [0.717, 1.165) is 22.8 Å². The van der Waals surface area contributed by atoms with Gasteiger partial charge in [-0.2, -0.15) is 0 Å². The second-order valence-electron chi connectivity index (χ2n) is 7.68. The lowest BCUT2D eigenvalue weighted by atomic mass is 10.0. The van der Waals surface area contributed by atoms with Gasteiger partial charge in [0.1, 0.15) is 19.2 Å². The van der Waals surface area contributed by atoms with Crippen molar-refractivity contribution in [1.29, 1.82) is 0 Å². The van der Waals surface area contributed by atoms with E-state index in [4.69, 9.17) is 11.6 Å². The zero-order chi connectivity index (χ0) is 18.6. The summed E-state index contributed by atoms with van der Waals surface area (Å²) in [5.41, 5.74) is 5.93. The van der Waals surface area contributed by atoms with Crippen LogP contribution in [0.2, 0.25) is 5.02 Å². The maximum absolute atomic E-state index is 10.5. The lowest BCUT2D eigenvalue weighted by Crippen LogP contribution is -2.46. The van der Waals surface area contributed by atoms with Crippen LogP contribution in [-0.2, 0) is 6.54 Å². The number of anilines is 1. The number of quaternary nitrogens is 1. The third kappa shape index (κ3) is 5.74. The summed E-state index contributed by atoms with van der Waals surface area (Å²) in [7, 11) is 4.24. The Bertz CT molecular complexity index is 705. The average molecular weight is 362 g/mol. The van der Waals surface area contributed by atoms with Gasteiger partial charge in [0.05, 0.1) is 14.1 Å². The first kappa shape index (κ1) is 19.8. The van der Waals surface area contributed by atoms with Crippen molar-refractivity contribution in [1.82, 2.24) is 0 Å². The normalized spacial score (nSPS) is 12.9. The van der Waals surface area contributed by atoms with E-state index in [0.29, 0.717) is 17.6 Å². The molecule has 3 nitrogen and oxygen atoms in total. The number of hydrogen-bond donors (Lipinski definition) is 2. The van der Waals surface area contributed by atoms with E-state index in [2.05, 4.69) is 52.3 Å². The summed E-state index contributed by atoms with van der Waals surface area (Å²) in [5.74, 6) is 0. The molecule has 2 aromatic carbocycles. The van der Waals surface area contributed by atoms with E-state index in [-0.39, 0.29) is 0 Å². The van der Waals surface area contributed by atoms with Crippen molar-refractivity contribution < 1.29 is 9.59 Å². The number of likely N-dealkylation sites (N-methyl/N-ethyl adjacent to an activating group) is 1. The molecular formula is C21H30ClN2O+. The summed E-state index contributed by atoms with van der Waals surface area (Å²) in [5, 5.41) is 14.7. The minimum atomic E-state index is -0.433. The second kappa shape index (κ2) is 8.22. The Balaban J connectivity index is 1.95. The number of benzene rings is 2. The monoisotopic (exact) mass is 361 g/mol. The number of hydrogen-bond acceptors (Lipinski definition) is 2. The van der Waals surface area contributed by atoms with Crippen molar-refractivity contribution in [2.75, 3.05) is 32.5 Å². The van der Waals surface area contributed by atoms with Crippen molar-refractivity contribution in [2.24, 2.45) is 0 Å². The van der Waals surface area contributed by atoms with Crippen LogP contribution in [0.4, 0.5) is 5.69 Å². The third-order valence-electron chi connectivity index (χ3n) is 4.45. The van der Waals surface area contributed by atoms with E-state index in [1.807, 2.05) is 24.3 Å². The summed E-state index contributed by atoms with van der Waals surface area (Å²) in [6, 6.07) is 12.2. The van der Waals surface area contributed by atoms with Crippen LogP contribution in [0.25, 0.3) is 0 Å². The Kier molecular flexibility index (Phi) is 6.50. The molecule has 0 saturated heterocycles. The summed E-state index contributed by atoms with van der Waals surface area (Å²) < 4.78 is 0.679. The van der Waals surface area contributed by atoms with Crippen LogP contribution in [-0.4, -0.2) is 42.9 Å². The van der Waals surface area contributed by atoms with Gasteiger partial charge in [-0.3, -0.25) is 0 Å². The third-order valence-corrected chi connectivity index (χ3v) is 4.82. The minimum absolute atomic E-state index is 0.433. The number of halogens is 1. The molecule has 1 atom stereocenters. The highest BCUT2D eigenvalue weighted by Gasteiger charge is 2.22. The Morgan fingerprint density at radius 2 is 1.68 bits per heavy atom. The van der Waals surface area contributed by atoms with Gasteiger partial charge in [0, 0.05) is 22.8 Å². The summed E-state index contributed by atoms with van der Waals surface area (Å²) >= 11 is 6.27. The van der Waals surface area contributed by atoms with E-state index >= 15 is 0 Å². The molecule has 2 rings (SSSR count). The molecule has 0 radical (unpaired) electrons. The lowest BCUT2D eigenvalue weighted by Gasteiger charge is -2.32. The van der Waals surface area contributed by atoms with Crippen molar-refractivity contribution >= 4 is 17.3 Å². The summed E-state index contributed by atoms with van der Waals surface area (Å²) in [4.78, 5) is 0. The Hall–Kier alpha value is -1.55. The van der Waals surface area contributed by atoms with Crippen molar-refractivity contribution in [2.45, 2.75) is 33.4 Å². The highest BCUT2D eigenvalue weighted by molar-refractivity contribution is 6.31. The van der Waals surface area contributed by atoms with E-state index in [1.165, 1.54) is 16.7 Å². The van der Waals surface area contributed by atoms with Crippen LogP contribution in [0, 0.1) is 20.8 Å². The van der Waals surface area contributed by atoms with E-state index in [1.54, 1.807) is 0 Å². The van der Waals surface area contributed by atoms with Gasteiger partial charge in [-0.25, -0.2) is 0 Å². The Morgan fingerprint density at radius 1 is 1.08 bits per heavy atom. The number of aliphatic hydroxyl groups excluding tert-OH is 1. The molecule has 0 fully saturated rings. The molecule has 0 heterocycles. The second-order valence-corrected chi connectivity index (χ2v) is 8.08. The van der Waals surface area contributed by atoms with Crippen molar-refractivity contribution in [3.63, 3.8) is 0 Å². The first-order valence-electron chi connectivity index (χ1n) is 8.73. The van der Waals surface area contributed by atoms with Crippen LogP contribution in [0.5, 0.6) is 0 Å². The molecular weight excluding hydrogens is 332 g/mol. The average Bonchev–Trinajstić information content (AvgIpc) is 2.47. The number of nitrogens with one attached hydrogen (secondary N) is 1. The first-order valence-corrected chi connectivity index (χ1v) is 9.11. The molecule has 0 aliphatic rings. The molecule has 136 valence electrons. The fourth-order valence-corrected chi connectivity index (χ4v) is 3.66. The van der Waals surface area contributed by atoms with Crippen LogP contribution in [0.1, 0.15) is 22.3 Å². The van der Waals surface area contributed by atoms with Crippen LogP contribution >= 0.6 is 11.6 Å². The predicted molar refractivity (Wildman–Crippen MR) is 107 cm³/mol. The fraction of sp³-hybridized carbons (Fsp3) is 0.429. The maximum Gasteiger partial charge on any atom is 0.120 e. The van der Waals surface area contributed by atoms with Gasteiger partial charge >= 0.3 is 0 Å². The first-order chi connectivity index (χ1) is 11.7. The van der Waals surface area contributed by atoms with E-state index < -0.39 is 6.10 Å². The summed E-state index contributed by atoms with van der Waals surface area (Å²) in [6.45, 7) is 8.29. The fourth-order valence-electron chi connectivity index (χ4n) is 3.47. The minimum Gasteiger partial charge on any atom is -0.385 e. The molecule has 0 aliphatic carbocycles. The topological polar surface area (TPSA) is 32.3 Å². The highest BCUT2D eigenvalue weighted by atomic mass is 35.5. The molecule has 0 spiro atoms. The van der Waals surface area contributed by atoms with Gasteiger partial charge in [0.2, 0.25) is 0 Å². The molecule has 0 aromatic heterocycles. The SMILES string of the molecule is Cc1cc(C)c(NCC(O)C[N+](C)(C)Cc2ccccc2Cl)c(C)c1. The van der Waals surface area contributed by atoms with Crippen LogP contribution in [0.15, 0.2) is 36.4 Å².